The zero-order valence-electron chi connectivity index (χ0n) is 14.1. The second kappa shape index (κ2) is 8.21. The quantitative estimate of drug-likeness (QED) is 0.862. The highest BCUT2D eigenvalue weighted by Crippen LogP contribution is 2.30. The highest BCUT2D eigenvalue weighted by atomic mass is 16.6. The van der Waals surface area contributed by atoms with Gasteiger partial charge in [-0.1, -0.05) is 12.1 Å². The fourth-order valence-corrected chi connectivity index (χ4v) is 2.82. The van der Waals surface area contributed by atoms with Gasteiger partial charge in [-0.3, -0.25) is 4.90 Å². The van der Waals surface area contributed by atoms with Crippen molar-refractivity contribution in [1.29, 1.82) is 0 Å². The van der Waals surface area contributed by atoms with Crippen molar-refractivity contribution in [3.05, 3.63) is 24.3 Å². The van der Waals surface area contributed by atoms with Crippen molar-refractivity contribution < 1.29 is 19.0 Å². The van der Waals surface area contributed by atoms with Gasteiger partial charge in [0.15, 0.2) is 17.6 Å². The average molecular weight is 335 g/mol. The van der Waals surface area contributed by atoms with Crippen LogP contribution in [-0.2, 0) is 4.74 Å². The highest BCUT2D eigenvalue weighted by Gasteiger charge is 2.23. The lowest BCUT2D eigenvalue weighted by molar-refractivity contribution is 0.0384. The van der Waals surface area contributed by atoms with E-state index in [4.69, 9.17) is 14.2 Å². The van der Waals surface area contributed by atoms with Gasteiger partial charge in [-0.2, -0.15) is 0 Å². The number of carbonyl (C=O) groups is 1. The van der Waals surface area contributed by atoms with Gasteiger partial charge in [-0.15, -0.1) is 0 Å². The number of amides is 2. The number of likely N-dealkylation sites (N-methyl/N-ethyl adjacent to an activating group) is 1. The van der Waals surface area contributed by atoms with Crippen LogP contribution in [-0.4, -0.2) is 81.5 Å². The normalized spacial score (nSPS) is 20.5. The van der Waals surface area contributed by atoms with Gasteiger partial charge in [-0.05, 0) is 12.1 Å². The molecule has 1 atom stereocenters. The first-order chi connectivity index (χ1) is 11.7. The van der Waals surface area contributed by atoms with E-state index in [0.717, 1.165) is 44.3 Å². The Labute approximate surface area is 142 Å². The average Bonchev–Trinajstić information content (AvgIpc) is 2.62. The minimum atomic E-state index is -0.158. The summed E-state index contributed by atoms with van der Waals surface area (Å²) >= 11 is 0. The number of hydrogen-bond acceptors (Lipinski definition) is 5. The fraction of sp³-hybridized carbons (Fsp3) is 0.588. The Morgan fingerprint density at radius 2 is 2.04 bits per heavy atom. The molecule has 1 saturated heterocycles. The third-order valence-corrected chi connectivity index (χ3v) is 4.20. The van der Waals surface area contributed by atoms with Gasteiger partial charge < -0.3 is 24.4 Å². The van der Waals surface area contributed by atoms with Gasteiger partial charge in [0.2, 0.25) is 0 Å². The number of ether oxygens (including phenoxy) is 3. The van der Waals surface area contributed by atoms with Gasteiger partial charge in [-0.25, -0.2) is 4.79 Å². The van der Waals surface area contributed by atoms with E-state index < -0.39 is 0 Å². The summed E-state index contributed by atoms with van der Waals surface area (Å²) in [5.74, 6) is 1.49. The second-order valence-corrected chi connectivity index (χ2v) is 6.06. The molecule has 0 spiro atoms. The number of para-hydroxylation sites is 2. The van der Waals surface area contributed by atoms with Crippen molar-refractivity contribution in [2.75, 3.05) is 59.6 Å². The van der Waals surface area contributed by atoms with E-state index >= 15 is 0 Å². The molecule has 1 aromatic rings. The zero-order chi connectivity index (χ0) is 16.8. The van der Waals surface area contributed by atoms with E-state index in [9.17, 15) is 4.79 Å². The maximum Gasteiger partial charge on any atom is 0.317 e. The molecule has 0 bridgehead atoms. The molecule has 1 aromatic carbocycles. The largest absolute Gasteiger partial charge is 0.486 e. The van der Waals surface area contributed by atoms with E-state index in [1.54, 1.807) is 11.9 Å². The molecule has 24 heavy (non-hydrogen) atoms. The predicted molar refractivity (Wildman–Crippen MR) is 89.6 cm³/mol. The van der Waals surface area contributed by atoms with Crippen LogP contribution in [0.4, 0.5) is 4.79 Å². The number of hydrogen-bond donors (Lipinski definition) is 1. The number of carbonyl (C=O) groups excluding carboxylic acids is 1. The third kappa shape index (κ3) is 4.52. The summed E-state index contributed by atoms with van der Waals surface area (Å²) in [7, 11) is 1.77. The Balaban J connectivity index is 1.38. The lowest BCUT2D eigenvalue weighted by atomic mass is 10.2. The minimum absolute atomic E-state index is 0.0919. The molecule has 7 nitrogen and oxygen atoms in total. The number of rotatable bonds is 5. The second-order valence-electron chi connectivity index (χ2n) is 6.06. The van der Waals surface area contributed by atoms with Crippen LogP contribution in [0.15, 0.2) is 24.3 Å². The van der Waals surface area contributed by atoms with Gasteiger partial charge in [0.25, 0.3) is 0 Å². The first-order valence-corrected chi connectivity index (χ1v) is 8.40. The standard InChI is InChI=1S/C17H25N3O4/c1-19(17(21)18-6-7-20-8-10-22-11-9-20)12-14-13-23-15-4-2-3-5-16(15)24-14/h2-5,14H,6-13H2,1H3,(H,18,21)/t14-/m0/s1. The molecule has 0 aromatic heterocycles. The van der Waals surface area contributed by atoms with Gasteiger partial charge in [0.1, 0.15) is 6.61 Å². The zero-order valence-corrected chi connectivity index (χ0v) is 14.1. The van der Waals surface area contributed by atoms with Crippen molar-refractivity contribution >= 4 is 6.03 Å². The van der Waals surface area contributed by atoms with Crippen molar-refractivity contribution in [1.82, 2.24) is 15.1 Å². The number of urea groups is 1. The molecule has 7 heteroatoms. The first-order valence-electron chi connectivity index (χ1n) is 8.40. The monoisotopic (exact) mass is 335 g/mol. The number of morpholine rings is 1. The molecule has 132 valence electrons. The molecule has 2 aliphatic heterocycles. The molecule has 2 aliphatic rings. The maximum atomic E-state index is 12.2. The number of nitrogens with one attached hydrogen (secondary N) is 1. The Morgan fingerprint density at radius 3 is 2.83 bits per heavy atom. The van der Waals surface area contributed by atoms with Gasteiger partial charge in [0, 0.05) is 33.2 Å². The minimum Gasteiger partial charge on any atom is -0.486 e. The predicted octanol–water partition coefficient (Wildman–Crippen LogP) is 0.800. The number of benzene rings is 1. The fourth-order valence-electron chi connectivity index (χ4n) is 2.82. The van der Waals surface area contributed by atoms with E-state index in [2.05, 4.69) is 10.2 Å². The van der Waals surface area contributed by atoms with Crippen molar-refractivity contribution in [2.24, 2.45) is 0 Å². The van der Waals surface area contributed by atoms with Crippen LogP contribution < -0.4 is 14.8 Å². The van der Waals surface area contributed by atoms with Crippen LogP contribution >= 0.6 is 0 Å². The number of fused-ring (bicyclic) bond motifs is 1. The van der Waals surface area contributed by atoms with Crippen LogP contribution in [0.25, 0.3) is 0 Å². The first kappa shape index (κ1) is 16.9. The van der Waals surface area contributed by atoms with Crippen molar-refractivity contribution in [3.63, 3.8) is 0 Å². The maximum absolute atomic E-state index is 12.2. The Morgan fingerprint density at radius 1 is 1.29 bits per heavy atom. The molecule has 0 aliphatic carbocycles. The van der Waals surface area contributed by atoms with E-state index in [0.29, 0.717) is 19.7 Å². The molecule has 2 heterocycles. The van der Waals surface area contributed by atoms with E-state index in [1.165, 1.54) is 0 Å². The molecule has 3 rings (SSSR count). The SMILES string of the molecule is CN(C[C@H]1COc2ccccc2O1)C(=O)NCCN1CCOCC1. The molecule has 0 saturated carbocycles. The summed E-state index contributed by atoms with van der Waals surface area (Å²) < 4.78 is 16.9. The van der Waals surface area contributed by atoms with Crippen LogP contribution in [0.3, 0.4) is 0 Å². The Bertz CT molecular complexity index is 548. The topological polar surface area (TPSA) is 63.3 Å². The lowest BCUT2D eigenvalue weighted by Gasteiger charge is -2.30. The molecule has 1 fully saturated rings. The Kier molecular flexibility index (Phi) is 5.77. The summed E-state index contributed by atoms with van der Waals surface area (Å²) in [6.45, 7) is 5.81. The van der Waals surface area contributed by atoms with Gasteiger partial charge >= 0.3 is 6.03 Å². The molecule has 2 amide bonds. The summed E-state index contributed by atoms with van der Waals surface area (Å²) in [4.78, 5) is 16.1. The van der Waals surface area contributed by atoms with Crippen molar-refractivity contribution in [3.8, 4) is 11.5 Å². The molecular weight excluding hydrogens is 310 g/mol. The molecule has 0 unspecified atom stereocenters. The van der Waals surface area contributed by atoms with Crippen LogP contribution in [0.2, 0.25) is 0 Å². The number of nitrogens with zero attached hydrogens (tertiary/aromatic N) is 2. The third-order valence-electron chi connectivity index (χ3n) is 4.20. The molecular formula is C17H25N3O4. The van der Waals surface area contributed by atoms with Crippen molar-refractivity contribution in [2.45, 2.75) is 6.10 Å². The lowest BCUT2D eigenvalue weighted by Crippen LogP contribution is -2.47. The molecule has 1 N–H and O–H groups in total. The van der Waals surface area contributed by atoms with E-state index in [1.807, 2.05) is 24.3 Å². The summed E-state index contributed by atoms with van der Waals surface area (Å²) in [5, 5.41) is 2.95. The van der Waals surface area contributed by atoms with Crippen LogP contribution in [0.1, 0.15) is 0 Å². The smallest absolute Gasteiger partial charge is 0.317 e. The summed E-state index contributed by atoms with van der Waals surface area (Å²) in [6, 6.07) is 7.49. The summed E-state index contributed by atoms with van der Waals surface area (Å²) in [5.41, 5.74) is 0. The van der Waals surface area contributed by atoms with E-state index in [-0.39, 0.29) is 12.1 Å². The molecule has 0 radical (unpaired) electrons. The Hall–Kier alpha value is -1.99. The highest BCUT2D eigenvalue weighted by molar-refractivity contribution is 5.73. The van der Waals surface area contributed by atoms with Crippen LogP contribution in [0.5, 0.6) is 11.5 Å². The van der Waals surface area contributed by atoms with Crippen LogP contribution in [0, 0.1) is 0 Å². The van der Waals surface area contributed by atoms with Gasteiger partial charge in [0.05, 0.1) is 19.8 Å². The summed E-state index contributed by atoms with van der Waals surface area (Å²) in [6.07, 6.45) is -0.158.